The molecule has 0 bridgehead atoms. The zero-order valence-corrected chi connectivity index (χ0v) is 10.5. The molecule has 16 heavy (non-hydrogen) atoms. The van der Waals surface area contributed by atoms with E-state index < -0.39 is 0 Å². The summed E-state index contributed by atoms with van der Waals surface area (Å²) in [5, 5.41) is 7.34. The van der Waals surface area contributed by atoms with Crippen LogP contribution in [0.4, 0.5) is 5.82 Å². The minimum absolute atomic E-state index is 0.746. The fraction of sp³-hybridized carbons (Fsp3) is 0.300. The Kier molecular flexibility index (Phi) is 3.51. The molecule has 84 valence electrons. The Balaban J connectivity index is 1.89. The van der Waals surface area contributed by atoms with E-state index in [2.05, 4.69) is 36.3 Å². The molecule has 0 radical (unpaired) electrons. The summed E-state index contributed by atoms with van der Waals surface area (Å²) in [7, 11) is 0. The van der Waals surface area contributed by atoms with Crippen LogP contribution in [0.5, 0.6) is 0 Å². The van der Waals surface area contributed by atoms with E-state index in [1.807, 2.05) is 29.9 Å². The summed E-state index contributed by atoms with van der Waals surface area (Å²) < 4.78 is 2.66. The first-order valence-corrected chi connectivity index (χ1v) is 5.76. The van der Waals surface area contributed by atoms with E-state index >= 15 is 0 Å². The molecule has 0 aromatic carbocycles. The summed E-state index contributed by atoms with van der Waals surface area (Å²) in [5.41, 5.74) is 0. The molecule has 2 heterocycles. The van der Waals surface area contributed by atoms with Crippen LogP contribution in [0.25, 0.3) is 0 Å². The molecule has 0 amide bonds. The predicted molar refractivity (Wildman–Crippen MR) is 65.2 cm³/mol. The first-order valence-electron chi connectivity index (χ1n) is 4.96. The maximum absolute atomic E-state index is 4.27. The van der Waals surface area contributed by atoms with Gasteiger partial charge in [-0.1, -0.05) is 0 Å². The van der Waals surface area contributed by atoms with Crippen LogP contribution >= 0.6 is 15.9 Å². The van der Waals surface area contributed by atoms with Crippen molar-refractivity contribution < 1.29 is 0 Å². The average molecular weight is 282 g/mol. The highest BCUT2D eigenvalue weighted by Crippen LogP contribution is 2.11. The molecule has 1 N–H and O–H groups in total. The van der Waals surface area contributed by atoms with Crippen molar-refractivity contribution in [2.45, 2.75) is 13.5 Å². The van der Waals surface area contributed by atoms with E-state index in [0.717, 1.165) is 29.3 Å². The molecule has 0 saturated heterocycles. The topological polar surface area (TPSA) is 55.6 Å². The van der Waals surface area contributed by atoms with Gasteiger partial charge in [0.05, 0.1) is 6.54 Å². The van der Waals surface area contributed by atoms with Crippen molar-refractivity contribution in [1.82, 2.24) is 19.7 Å². The molecule has 6 heteroatoms. The Hall–Kier alpha value is -1.43. The molecule has 5 nitrogen and oxygen atoms in total. The molecule has 0 saturated carbocycles. The fourth-order valence-electron chi connectivity index (χ4n) is 1.35. The third kappa shape index (κ3) is 3.03. The summed E-state index contributed by atoms with van der Waals surface area (Å²) in [5.74, 6) is 1.57. The third-order valence-electron chi connectivity index (χ3n) is 2.01. The zero-order chi connectivity index (χ0) is 11.4. The number of nitrogens with one attached hydrogen (secondary N) is 1. The highest BCUT2D eigenvalue weighted by molar-refractivity contribution is 9.10. The number of anilines is 1. The molecular formula is C10H12BrN5. The van der Waals surface area contributed by atoms with Crippen molar-refractivity contribution in [2.75, 3.05) is 11.9 Å². The molecule has 0 unspecified atom stereocenters. The van der Waals surface area contributed by atoms with Gasteiger partial charge < -0.3 is 5.32 Å². The van der Waals surface area contributed by atoms with Gasteiger partial charge in [0.25, 0.3) is 0 Å². The standard InChI is InChI=1S/C10H12BrN5/c1-8-14-9(11)7-10(15-8)12-4-6-16-5-2-3-13-16/h2-3,5,7H,4,6H2,1H3,(H,12,14,15). The number of hydrogen-bond donors (Lipinski definition) is 1. The molecule has 2 aromatic heterocycles. The number of aryl methyl sites for hydroxylation is 1. The van der Waals surface area contributed by atoms with Gasteiger partial charge in [0.2, 0.25) is 0 Å². The van der Waals surface area contributed by atoms with Gasteiger partial charge >= 0.3 is 0 Å². The van der Waals surface area contributed by atoms with E-state index in [1.54, 1.807) is 6.20 Å². The molecule has 2 rings (SSSR count). The Morgan fingerprint density at radius 1 is 1.44 bits per heavy atom. The van der Waals surface area contributed by atoms with E-state index in [-0.39, 0.29) is 0 Å². The van der Waals surface area contributed by atoms with Crippen molar-refractivity contribution in [1.29, 1.82) is 0 Å². The van der Waals surface area contributed by atoms with Crippen LogP contribution < -0.4 is 5.32 Å². The van der Waals surface area contributed by atoms with Gasteiger partial charge in [-0.25, -0.2) is 9.97 Å². The van der Waals surface area contributed by atoms with Crippen molar-refractivity contribution in [3.05, 3.63) is 35.0 Å². The molecule has 0 aliphatic carbocycles. The van der Waals surface area contributed by atoms with Crippen molar-refractivity contribution in [3.8, 4) is 0 Å². The Morgan fingerprint density at radius 2 is 2.31 bits per heavy atom. The van der Waals surface area contributed by atoms with Crippen LogP contribution in [0.3, 0.4) is 0 Å². The number of hydrogen-bond acceptors (Lipinski definition) is 4. The van der Waals surface area contributed by atoms with Gasteiger partial charge in [-0.2, -0.15) is 5.10 Å². The summed E-state index contributed by atoms with van der Waals surface area (Å²) in [6.07, 6.45) is 3.70. The molecule has 0 aliphatic heterocycles. The van der Waals surface area contributed by atoms with E-state index in [4.69, 9.17) is 0 Å². The quantitative estimate of drug-likeness (QED) is 0.870. The SMILES string of the molecule is Cc1nc(Br)cc(NCCn2cccn2)n1. The highest BCUT2D eigenvalue weighted by atomic mass is 79.9. The Morgan fingerprint density at radius 3 is 3.00 bits per heavy atom. The largest absolute Gasteiger partial charge is 0.368 e. The summed E-state index contributed by atoms with van der Waals surface area (Å²) in [6, 6.07) is 3.77. The van der Waals surface area contributed by atoms with Crippen molar-refractivity contribution in [2.24, 2.45) is 0 Å². The van der Waals surface area contributed by atoms with Gasteiger partial charge in [-0.15, -0.1) is 0 Å². The second-order valence-electron chi connectivity index (χ2n) is 3.32. The van der Waals surface area contributed by atoms with Gasteiger partial charge in [0, 0.05) is 25.0 Å². The molecule has 0 atom stereocenters. The molecular weight excluding hydrogens is 270 g/mol. The Labute approximate surface area is 102 Å². The first kappa shape index (κ1) is 11.1. The number of nitrogens with zero attached hydrogens (tertiary/aromatic N) is 4. The van der Waals surface area contributed by atoms with Gasteiger partial charge in [-0.3, -0.25) is 4.68 Å². The van der Waals surface area contributed by atoms with Crippen molar-refractivity contribution >= 4 is 21.7 Å². The number of aromatic nitrogens is 4. The maximum atomic E-state index is 4.27. The van der Waals surface area contributed by atoms with Gasteiger partial charge in [-0.05, 0) is 28.9 Å². The number of rotatable bonds is 4. The number of halogens is 1. The Bertz CT molecular complexity index is 434. The van der Waals surface area contributed by atoms with Gasteiger partial charge in [0.1, 0.15) is 16.2 Å². The summed E-state index contributed by atoms with van der Waals surface area (Å²) in [6.45, 7) is 3.46. The monoisotopic (exact) mass is 281 g/mol. The lowest BCUT2D eigenvalue weighted by Gasteiger charge is -2.06. The third-order valence-corrected chi connectivity index (χ3v) is 2.42. The van der Waals surface area contributed by atoms with Crippen LogP contribution in [0.2, 0.25) is 0 Å². The lowest BCUT2D eigenvalue weighted by molar-refractivity contribution is 0.637. The van der Waals surface area contributed by atoms with Crippen LogP contribution in [0.15, 0.2) is 29.1 Å². The lowest BCUT2D eigenvalue weighted by Crippen LogP contribution is -2.12. The highest BCUT2D eigenvalue weighted by Gasteiger charge is 1.98. The van der Waals surface area contributed by atoms with Crippen LogP contribution in [0.1, 0.15) is 5.82 Å². The van der Waals surface area contributed by atoms with Crippen molar-refractivity contribution in [3.63, 3.8) is 0 Å². The molecule has 0 spiro atoms. The summed E-state index contributed by atoms with van der Waals surface area (Å²) >= 11 is 3.33. The smallest absolute Gasteiger partial charge is 0.130 e. The second kappa shape index (κ2) is 5.07. The van der Waals surface area contributed by atoms with Crippen LogP contribution in [-0.2, 0) is 6.54 Å². The normalized spacial score (nSPS) is 10.4. The van der Waals surface area contributed by atoms with Crippen LogP contribution in [0, 0.1) is 6.92 Å². The maximum Gasteiger partial charge on any atom is 0.130 e. The molecule has 2 aromatic rings. The predicted octanol–water partition coefficient (Wildman–Crippen LogP) is 1.86. The molecule has 0 fully saturated rings. The fourth-order valence-corrected chi connectivity index (χ4v) is 1.83. The first-order chi connectivity index (χ1) is 7.74. The van der Waals surface area contributed by atoms with E-state index in [9.17, 15) is 0 Å². The second-order valence-corrected chi connectivity index (χ2v) is 4.13. The summed E-state index contributed by atoms with van der Waals surface area (Å²) in [4.78, 5) is 8.41. The van der Waals surface area contributed by atoms with E-state index in [1.165, 1.54) is 0 Å². The zero-order valence-electron chi connectivity index (χ0n) is 8.89. The van der Waals surface area contributed by atoms with Crippen LogP contribution in [-0.4, -0.2) is 26.3 Å². The average Bonchev–Trinajstić information content (AvgIpc) is 2.69. The lowest BCUT2D eigenvalue weighted by atomic mass is 10.5. The van der Waals surface area contributed by atoms with E-state index in [0.29, 0.717) is 0 Å². The van der Waals surface area contributed by atoms with Gasteiger partial charge in [0.15, 0.2) is 0 Å². The minimum atomic E-state index is 0.746. The molecule has 0 aliphatic rings. The minimum Gasteiger partial charge on any atom is -0.368 e.